The highest BCUT2D eigenvalue weighted by Crippen LogP contribution is 2.47. The van der Waals surface area contributed by atoms with Gasteiger partial charge < -0.3 is 0 Å². The van der Waals surface area contributed by atoms with E-state index in [2.05, 4.69) is 20.8 Å². The summed E-state index contributed by atoms with van der Waals surface area (Å²) >= 11 is 0. The van der Waals surface area contributed by atoms with Crippen LogP contribution in [-0.4, -0.2) is 6.18 Å². The van der Waals surface area contributed by atoms with Crippen LogP contribution in [-0.2, 0) is 0 Å². The Bertz CT molecular complexity index is 212. The number of alkyl halides is 3. The van der Waals surface area contributed by atoms with Crippen molar-refractivity contribution in [1.29, 1.82) is 0 Å². The van der Waals surface area contributed by atoms with Crippen molar-refractivity contribution in [3.63, 3.8) is 0 Å². The van der Waals surface area contributed by atoms with Crippen molar-refractivity contribution in [1.82, 2.24) is 0 Å². The molecule has 1 aliphatic carbocycles. The van der Waals surface area contributed by atoms with Crippen LogP contribution in [0.15, 0.2) is 0 Å². The van der Waals surface area contributed by atoms with Crippen LogP contribution >= 0.6 is 0 Å². The van der Waals surface area contributed by atoms with Crippen LogP contribution in [0.25, 0.3) is 0 Å². The molecule has 0 aromatic carbocycles. The molecule has 0 saturated heterocycles. The van der Waals surface area contributed by atoms with Gasteiger partial charge in [-0.25, -0.2) is 0 Å². The Labute approximate surface area is 90.2 Å². The molecule has 15 heavy (non-hydrogen) atoms. The molecule has 3 heteroatoms. The van der Waals surface area contributed by atoms with Gasteiger partial charge in [0.2, 0.25) is 0 Å². The van der Waals surface area contributed by atoms with Crippen molar-refractivity contribution in [2.24, 2.45) is 23.2 Å². The number of rotatable bonds is 0. The van der Waals surface area contributed by atoms with Gasteiger partial charge in [0.05, 0.1) is 5.92 Å². The molecule has 0 aliphatic heterocycles. The van der Waals surface area contributed by atoms with E-state index in [1.807, 2.05) is 6.92 Å². The van der Waals surface area contributed by atoms with Gasteiger partial charge in [0.25, 0.3) is 0 Å². The molecule has 0 amide bonds. The number of hydrogen-bond donors (Lipinski definition) is 0. The van der Waals surface area contributed by atoms with E-state index in [0.29, 0.717) is 18.8 Å². The minimum absolute atomic E-state index is 0.135. The molecule has 0 aromatic heterocycles. The molecule has 0 radical (unpaired) electrons. The molecule has 1 rings (SSSR count). The number of halogens is 3. The molecule has 0 bridgehead atoms. The van der Waals surface area contributed by atoms with E-state index in [4.69, 9.17) is 0 Å². The molecule has 1 fully saturated rings. The summed E-state index contributed by atoms with van der Waals surface area (Å²) in [6.07, 6.45) is -2.65. The quantitative estimate of drug-likeness (QED) is 0.559. The summed E-state index contributed by atoms with van der Waals surface area (Å²) in [7, 11) is 0. The Hall–Kier alpha value is -0.210. The Morgan fingerprint density at radius 2 is 1.53 bits per heavy atom. The Morgan fingerprint density at radius 1 is 1.00 bits per heavy atom. The van der Waals surface area contributed by atoms with Gasteiger partial charge in [0.15, 0.2) is 0 Å². The molecular weight excluding hydrogens is 201 g/mol. The first-order valence-electron chi connectivity index (χ1n) is 5.69. The van der Waals surface area contributed by atoms with Gasteiger partial charge in [-0.2, -0.15) is 13.2 Å². The molecule has 0 spiro atoms. The van der Waals surface area contributed by atoms with Gasteiger partial charge in [-0.15, -0.1) is 0 Å². The molecule has 0 aromatic rings. The van der Waals surface area contributed by atoms with Gasteiger partial charge in [0, 0.05) is 0 Å². The average molecular weight is 222 g/mol. The van der Waals surface area contributed by atoms with Crippen LogP contribution in [0, 0.1) is 23.2 Å². The lowest BCUT2D eigenvalue weighted by atomic mass is 9.64. The minimum Gasteiger partial charge on any atom is -0.171 e. The van der Waals surface area contributed by atoms with Crippen molar-refractivity contribution >= 4 is 0 Å². The largest absolute Gasteiger partial charge is 0.391 e. The topological polar surface area (TPSA) is 0 Å². The van der Waals surface area contributed by atoms with Crippen molar-refractivity contribution < 1.29 is 13.2 Å². The summed E-state index contributed by atoms with van der Waals surface area (Å²) in [5.41, 5.74) is 0.135. The van der Waals surface area contributed by atoms with E-state index in [9.17, 15) is 13.2 Å². The van der Waals surface area contributed by atoms with Gasteiger partial charge in [0.1, 0.15) is 0 Å². The summed E-state index contributed by atoms with van der Waals surface area (Å²) < 4.78 is 37.6. The molecule has 0 N–H and O–H groups in total. The second-order valence-electron chi connectivity index (χ2n) is 6.00. The summed E-state index contributed by atoms with van der Waals surface area (Å²) in [4.78, 5) is 0. The lowest BCUT2D eigenvalue weighted by Gasteiger charge is -2.42. The zero-order valence-corrected chi connectivity index (χ0v) is 9.99. The highest BCUT2D eigenvalue weighted by atomic mass is 19.4. The Morgan fingerprint density at radius 3 is 1.87 bits per heavy atom. The van der Waals surface area contributed by atoms with Crippen LogP contribution in [0.2, 0.25) is 0 Å². The highest BCUT2D eigenvalue weighted by Gasteiger charge is 2.45. The normalized spacial score (nSPS) is 34.2. The molecule has 1 saturated carbocycles. The van der Waals surface area contributed by atoms with Crippen molar-refractivity contribution in [2.75, 3.05) is 0 Å². The monoisotopic (exact) mass is 222 g/mol. The molecule has 90 valence electrons. The van der Waals surface area contributed by atoms with E-state index < -0.39 is 12.1 Å². The van der Waals surface area contributed by atoms with Gasteiger partial charge in [-0.3, -0.25) is 0 Å². The summed E-state index contributed by atoms with van der Waals surface area (Å²) in [6, 6.07) is 0. The predicted molar refractivity (Wildman–Crippen MR) is 55.5 cm³/mol. The summed E-state index contributed by atoms with van der Waals surface area (Å²) in [5.74, 6) is -0.451. The zero-order chi connectivity index (χ0) is 11.9. The third-order valence-electron chi connectivity index (χ3n) is 3.74. The van der Waals surface area contributed by atoms with Gasteiger partial charge in [-0.1, -0.05) is 27.7 Å². The Kier molecular flexibility index (Phi) is 3.42. The second kappa shape index (κ2) is 3.99. The average Bonchev–Trinajstić information content (AvgIpc) is 1.99. The maximum Gasteiger partial charge on any atom is 0.391 e. The van der Waals surface area contributed by atoms with Crippen molar-refractivity contribution in [3.8, 4) is 0 Å². The van der Waals surface area contributed by atoms with Gasteiger partial charge >= 0.3 is 6.18 Å². The first-order valence-corrected chi connectivity index (χ1v) is 5.69. The molecule has 3 unspecified atom stereocenters. The molecule has 0 heterocycles. The third kappa shape index (κ3) is 3.12. The van der Waals surface area contributed by atoms with Crippen LogP contribution in [0.5, 0.6) is 0 Å². The smallest absolute Gasteiger partial charge is 0.171 e. The summed E-state index contributed by atoms with van der Waals surface area (Å²) in [5, 5.41) is 0. The van der Waals surface area contributed by atoms with Crippen LogP contribution < -0.4 is 0 Å². The van der Waals surface area contributed by atoms with Crippen LogP contribution in [0.1, 0.15) is 47.0 Å². The fourth-order valence-electron chi connectivity index (χ4n) is 2.98. The van der Waals surface area contributed by atoms with Crippen molar-refractivity contribution in [2.45, 2.75) is 53.1 Å². The maximum absolute atomic E-state index is 12.5. The van der Waals surface area contributed by atoms with E-state index in [1.54, 1.807) is 0 Å². The third-order valence-corrected chi connectivity index (χ3v) is 3.74. The van der Waals surface area contributed by atoms with E-state index in [1.165, 1.54) is 0 Å². The first kappa shape index (κ1) is 12.9. The zero-order valence-electron chi connectivity index (χ0n) is 9.99. The lowest BCUT2D eigenvalue weighted by molar-refractivity contribution is -0.191. The fourth-order valence-corrected chi connectivity index (χ4v) is 2.98. The summed E-state index contributed by atoms with van der Waals surface area (Å²) in [6.45, 7) is 8.35. The van der Waals surface area contributed by atoms with Crippen molar-refractivity contribution in [3.05, 3.63) is 0 Å². The highest BCUT2D eigenvalue weighted by molar-refractivity contribution is 4.86. The predicted octanol–water partition coefficient (Wildman–Crippen LogP) is 4.65. The number of hydrogen-bond acceptors (Lipinski definition) is 0. The molecule has 0 nitrogen and oxygen atoms in total. The minimum atomic E-state index is -3.99. The Balaban J connectivity index is 2.64. The van der Waals surface area contributed by atoms with Gasteiger partial charge in [-0.05, 0) is 36.5 Å². The van der Waals surface area contributed by atoms with Crippen LogP contribution in [0.3, 0.4) is 0 Å². The first-order chi connectivity index (χ1) is 6.62. The van der Waals surface area contributed by atoms with E-state index in [0.717, 1.165) is 6.42 Å². The maximum atomic E-state index is 12.5. The molecule has 3 atom stereocenters. The lowest BCUT2D eigenvalue weighted by Crippen LogP contribution is -2.37. The standard InChI is InChI=1S/C12H21F3/c1-8-7-9(12(13,14)15)5-6-10(8)11(2,3)4/h8-10H,5-7H2,1-4H3. The SMILES string of the molecule is CC1CC(C(F)(F)F)CCC1C(C)(C)C. The fraction of sp³-hybridized carbons (Fsp3) is 1.00. The van der Waals surface area contributed by atoms with E-state index in [-0.39, 0.29) is 11.3 Å². The van der Waals surface area contributed by atoms with Crippen LogP contribution in [0.4, 0.5) is 13.2 Å². The molecule has 1 aliphatic rings. The second-order valence-corrected chi connectivity index (χ2v) is 6.00. The molecular formula is C12H21F3. The van der Waals surface area contributed by atoms with E-state index >= 15 is 0 Å².